The molecule has 0 radical (unpaired) electrons. The Labute approximate surface area is 138 Å². The first kappa shape index (κ1) is 14.8. The van der Waals surface area contributed by atoms with Gasteiger partial charge in [-0.1, -0.05) is 0 Å². The fourth-order valence-corrected chi connectivity index (χ4v) is 2.87. The summed E-state index contributed by atoms with van der Waals surface area (Å²) in [7, 11) is 1.94. The molecule has 1 fully saturated rings. The number of fused-ring (bicyclic) bond motifs is 1. The lowest BCUT2D eigenvalue weighted by Gasteiger charge is -2.10. The highest BCUT2D eigenvalue weighted by atomic mass is 16.5. The Balaban J connectivity index is 1.64. The van der Waals surface area contributed by atoms with Crippen LogP contribution in [0.2, 0.25) is 0 Å². The number of hydrogen-bond donors (Lipinski definition) is 1. The Hall–Kier alpha value is -2.80. The molecule has 4 heterocycles. The molecule has 24 heavy (non-hydrogen) atoms. The number of aromatic nitrogens is 4. The van der Waals surface area contributed by atoms with Gasteiger partial charge < -0.3 is 14.6 Å². The molecule has 1 aliphatic rings. The average Bonchev–Trinajstić information content (AvgIpc) is 3.25. The van der Waals surface area contributed by atoms with Crippen LogP contribution >= 0.6 is 0 Å². The van der Waals surface area contributed by atoms with E-state index in [0.29, 0.717) is 12.4 Å². The first-order valence-corrected chi connectivity index (χ1v) is 7.86. The Morgan fingerprint density at radius 3 is 2.96 bits per heavy atom. The number of carbonyl (C=O) groups excluding carboxylic acids is 1. The van der Waals surface area contributed by atoms with Gasteiger partial charge >= 0.3 is 0 Å². The number of hydrogen-bond acceptors (Lipinski definition) is 5. The molecule has 1 saturated heterocycles. The Morgan fingerprint density at radius 1 is 1.29 bits per heavy atom. The number of nitrogens with one attached hydrogen (secondary N) is 1. The summed E-state index contributed by atoms with van der Waals surface area (Å²) in [6.07, 6.45) is 8.30. The van der Waals surface area contributed by atoms with E-state index in [9.17, 15) is 4.79 Å². The van der Waals surface area contributed by atoms with Crippen LogP contribution in [0.4, 0.5) is 5.82 Å². The Kier molecular flexibility index (Phi) is 3.70. The molecule has 7 heteroatoms. The van der Waals surface area contributed by atoms with Crippen LogP contribution in [-0.4, -0.2) is 38.1 Å². The minimum atomic E-state index is -0.374. The van der Waals surface area contributed by atoms with Crippen molar-refractivity contribution < 1.29 is 9.53 Å². The molecule has 0 bridgehead atoms. The maximum Gasteiger partial charge on any atom is 0.254 e. The van der Waals surface area contributed by atoms with Crippen LogP contribution in [0.15, 0.2) is 37.1 Å². The second-order valence-corrected chi connectivity index (χ2v) is 5.87. The van der Waals surface area contributed by atoms with Gasteiger partial charge in [0.25, 0.3) is 5.91 Å². The van der Waals surface area contributed by atoms with Gasteiger partial charge in [-0.05, 0) is 25.0 Å². The van der Waals surface area contributed by atoms with E-state index in [1.165, 1.54) is 0 Å². The SMILES string of the molecule is Cn1cncc1-c1cnc2cnc(NC(=O)[C@H]3CCCO3)cc2c1. The number of nitrogens with zero attached hydrogens (tertiary/aromatic N) is 4. The number of rotatable bonds is 3. The van der Waals surface area contributed by atoms with Crippen molar-refractivity contribution in [3.63, 3.8) is 0 Å². The summed E-state index contributed by atoms with van der Waals surface area (Å²) < 4.78 is 7.33. The van der Waals surface area contributed by atoms with Gasteiger partial charge in [-0.3, -0.25) is 9.78 Å². The van der Waals surface area contributed by atoms with E-state index in [4.69, 9.17) is 4.74 Å². The summed E-state index contributed by atoms with van der Waals surface area (Å²) in [5.74, 6) is 0.363. The van der Waals surface area contributed by atoms with E-state index in [1.807, 2.05) is 23.7 Å². The molecule has 0 aromatic carbocycles. The quantitative estimate of drug-likeness (QED) is 0.798. The summed E-state index contributed by atoms with van der Waals surface area (Å²) >= 11 is 0. The molecule has 1 amide bonds. The lowest BCUT2D eigenvalue weighted by molar-refractivity contribution is -0.124. The molecule has 122 valence electrons. The minimum Gasteiger partial charge on any atom is -0.368 e. The molecule has 0 spiro atoms. The summed E-state index contributed by atoms with van der Waals surface area (Å²) in [5, 5.41) is 3.73. The van der Waals surface area contributed by atoms with Crippen LogP contribution in [0.25, 0.3) is 22.2 Å². The highest BCUT2D eigenvalue weighted by molar-refractivity contribution is 5.95. The van der Waals surface area contributed by atoms with E-state index < -0.39 is 0 Å². The van der Waals surface area contributed by atoms with Gasteiger partial charge in [0, 0.05) is 30.8 Å². The van der Waals surface area contributed by atoms with Gasteiger partial charge in [0.15, 0.2) is 0 Å². The van der Waals surface area contributed by atoms with Crippen LogP contribution in [0.3, 0.4) is 0 Å². The van der Waals surface area contributed by atoms with Gasteiger partial charge in [0.2, 0.25) is 0 Å². The molecule has 3 aromatic heterocycles. The van der Waals surface area contributed by atoms with Crippen molar-refractivity contribution in [2.75, 3.05) is 11.9 Å². The molecule has 1 atom stereocenters. The van der Waals surface area contributed by atoms with Crippen molar-refractivity contribution in [3.05, 3.63) is 37.1 Å². The van der Waals surface area contributed by atoms with Crippen molar-refractivity contribution in [1.29, 1.82) is 0 Å². The number of ether oxygens (including phenoxy) is 1. The number of amides is 1. The molecule has 1 aliphatic heterocycles. The maximum atomic E-state index is 12.1. The zero-order chi connectivity index (χ0) is 16.5. The molecular formula is C17H17N5O2. The van der Waals surface area contributed by atoms with Gasteiger partial charge in [-0.2, -0.15) is 0 Å². The zero-order valence-electron chi connectivity index (χ0n) is 13.3. The van der Waals surface area contributed by atoms with Crippen molar-refractivity contribution in [2.45, 2.75) is 18.9 Å². The van der Waals surface area contributed by atoms with Gasteiger partial charge in [0.05, 0.1) is 29.9 Å². The zero-order valence-corrected chi connectivity index (χ0v) is 13.3. The largest absolute Gasteiger partial charge is 0.368 e. The summed E-state index contributed by atoms with van der Waals surface area (Å²) in [4.78, 5) is 25.0. The lowest BCUT2D eigenvalue weighted by atomic mass is 10.1. The highest BCUT2D eigenvalue weighted by Gasteiger charge is 2.23. The van der Waals surface area contributed by atoms with Crippen LogP contribution in [0, 0.1) is 0 Å². The molecule has 3 aromatic rings. The second-order valence-electron chi connectivity index (χ2n) is 5.87. The smallest absolute Gasteiger partial charge is 0.254 e. The molecule has 4 rings (SSSR count). The number of pyridine rings is 2. The van der Waals surface area contributed by atoms with Crippen molar-refractivity contribution >= 4 is 22.6 Å². The fraction of sp³-hybridized carbons (Fsp3) is 0.294. The van der Waals surface area contributed by atoms with Crippen LogP contribution in [0.5, 0.6) is 0 Å². The summed E-state index contributed by atoms with van der Waals surface area (Å²) in [6.45, 7) is 0.640. The standard InChI is InChI=1S/C17H17N5O2/c1-22-10-18-9-14(22)12-5-11-6-16(20-8-13(11)19-7-12)21-17(23)15-3-2-4-24-15/h5-10,15H,2-4H2,1H3,(H,20,21,23)/t15-/m1/s1. The average molecular weight is 323 g/mol. The van der Waals surface area contributed by atoms with Crippen LogP contribution in [-0.2, 0) is 16.6 Å². The predicted molar refractivity (Wildman–Crippen MR) is 89.3 cm³/mol. The van der Waals surface area contributed by atoms with Gasteiger partial charge in [-0.15, -0.1) is 0 Å². The fourth-order valence-electron chi connectivity index (χ4n) is 2.87. The van der Waals surface area contributed by atoms with E-state index in [1.54, 1.807) is 24.9 Å². The van der Waals surface area contributed by atoms with E-state index in [0.717, 1.165) is 35.0 Å². The molecule has 0 unspecified atom stereocenters. The third kappa shape index (κ3) is 2.74. The third-order valence-corrected chi connectivity index (χ3v) is 4.15. The molecule has 0 saturated carbocycles. The lowest BCUT2D eigenvalue weighted by Crippen LogP contribution is -2.27. The summed E-state index contributed by atoms with van der Waals surface area (Å²) in [5.41, 5.74) is 2.72. The highest BCUT2D eigenvalue weighted by Crippen LogP contribution is 2.23. The van der Waals surface area contributed by atoms with Crippen LogP contribution in [0.1, 0.15) is 12.8 Å². The number of anilines is 1. The van der Waals surface area contributed by atoms with Gasteiger partial charge in [-0.25, -0.2) is 9.97 Å². The topological polar surface area (TPSA) is 81.9 Å². The van der Waals surface area contributed by atoms with E-state index in [-0.39, 0.29) is 12.0 Å². The van der Waals surface area contributed by atoms with E-state index in [2.05, 4.69) is 20.3 Å². The van der Waals surface area contributed by atoms with Crippen LogP contribution < -0.4 is 5.32 Å². The third-order valence-electron chi connectivity index (χ3n) is 4.15. The van der Waals surface area contributed by atoms with Crippen molar-refractivity contribution in [2.24, 2.45) is 7.05 Å². The Bertz CT molecular complexity index is 899. The Morgan fingerprint density at radius 2 is 2.21 bits per heavy atom. The van der Waals surface area contributed by atoms with Crippen molar-refractivity contribution in [1.82, 2.24) is 19.5 Å². The second kappa shape index (κ2) is 6.01. The summed E-state index contributed by atoms with van der Waals surface area (Å²) in [6, 6.07) is 3.85. The predicted octanol–water partition coefficient (Wildman–Crippen LogP) is 2.15. The first-order chi connectivity index (χ1) is 11.7. The first-order valence-electron chi connectivity index (χ1n) is 7.86. The van der Waals surface area contributed by atoms with E-state index >= 15 is 0 Å². The number of aryl methyl sites for hydroxylation is 1. The maximum absolute atomic E-state index is 12.1. The number of carbonyl (C=O) groups is 1. The van der Waals surface area contributed by atoms with Crippen molar-refractivity contribution in [3.8, 4) is 11.3 Å². The van der Waals surface area contributed by atoms with Gasteiger partial charge in [0.1, 0.15) is 11.9 Å². The number of imidazole rings is 1. The minimum absolute atomic E-state index is 0.143. The molecule has 1 N–H and O–H groups in total. The normalized spacial score (nSPS) is 17.3. The monoisotopic (exact) mass is 323 g/mol. The molecule has 0 aliphatic carbocycles. The molecule has 7 nitrogen and oxygen atoms in total. The molecular weight excluding hydrogens is 306 g/mol.